The van der Waals surface area contributed by atoms with E-state index in [1.54, 1.807) is 0 Å². The number of halogens is 6. The van der Waals surface area contributed by atoms with Crippen LogP contribution in [0, 0.1) is 0 Å². The molecule has 1 N–H and O–H groups in total. The maximum absolute atomic E-state index is 13.5. The van der Waals surface area contributed by atoms with Crippen LogP contribution in [0.1, 0.15) is 19.8 Å². The summed E-state index contributed by atoms with van der Waals surface area (Å²) < 4.78 is 14.0. The number of rotatable bonds is 5. The molecule has 1 saturated heterocycles. The molecule has 0 bridgehead atoms. The maximum Gasteiger partial charge on any atom is 0.328 e. The van der Waals surface area contributed by atoms with Crippen molar-refractivity contribution < 1.29 is 24.0 Å². The first-order chi connectivity index (χ1) is 11.5. The molecule has 26 heavy (non-hydrogen) atoms. The van der Waals surface area contributed by atoms with Crippen molar-refractivity contribution in [2.45, 2.75) is 38.7 Å². The lowest BCUT2D eigenvalue weighted by Crippen LogP contribution is -2.52. The first kappa shape index (κ1) is 24.9. The molecule has 1 amide bonds. The monoisotopic (exact) mass is 509 g/mol. The number of likely N-dealkylation sites (tertiary alicyclic amines) is 1. The largest absolute Gasteiger partial charge is 0.467 e. The smallest absolute Gasteiger partial charge is 0.328 e. The standard InChI is InChI=1S/C13H18Cl6NO5P/c1-11(23,10(22)20-5-3-4-8(20)9(21)25-2)26(24,6-12(14,15)16)7-13(17,18)19/h8,23H,3-7H2,1-2H3/t8-,11?/m0/s1. The fraction of sp³-hybridized carbons (Fsp3) is 0.846. The van der Waals surface area contributed by atoms with E-state index in [0.717, 1.165) is 11.8 Å². The second kappa shape index (κ2) is 8.71. The highest BCUT2D eigenvalue weighted by Gasteiger charge is 2.57. The Bertz CT molecular complexity index is 583. The van der Waals surface area contributed by atoms with E-state index < -0.39 is 50.3 Å². The predicted octanol–water partition coefficient (Wildman–Crippen LogP) is 3.96. The molecule has 0 aliphatic carbocycles. The third-order valence-electron chi connectivity index (χ3n) is 4.05. The van der Waals surface area contributed by atoms with E-state index in [2.05, 4.69) is 4.74 Å². The van der Waals surface area contributed by atoms with Crippen molar-refractivity contribution in [2.75, 3.05) is 26.0 Å². The average molecular weight is 512 g/mol. The second-order valence-electron chi connectivity index (χ2n) is 6.14. The molecule has 1 fully saturated rings. The topological polar surface area (TPSA) is 83.9 Å². The number of esters is 1. The van der Waals surface area contributed by atoms with Gasteiger partial charge in [0.05, 0.1) is 19.4 Å². The molecule has 13 heteroatoms. The van der Waals surface area contributed by atoms with Gasteiger partial charge in [0.1, 0.15) is 13.2 Å². The summed E-state index contributed by atoms with van der Waals surface area (Å²) in [5.41, 5.74) is 0. The van der Waals surface area contributed by atoms with Crippen LogP contribution in [0.15, 0.2) is 0 Å². The van der Waals surface area contributed by atoms with Gasteiger partial charge in [-0.15, -0.1) is 0 Å². The van der Waals surface area contributed by atoms with E-state index in [9.17, 15) is 19.3 Å². The molecular weight excluding hydrogens is 494 g/mol. The van der Waals surface area contributed by atoms with Crippen LogP contribution in [-0.2, 0) is 18.9 Å². The zero-order valence-electron chi connectivity index (χ0n) is 13.9. The molecule has 0 saturated carbocycles. The number of methoxy groups -OCH3 is 1. The molecule has 152 valence electrons. The molecule has 2 atom stereocenters. The lowest BCUT2D eigenvalue weighted by atomic mass is 10.2. The summed E-state index contributed by atoms with van der Waals surface area (Å²) in [7, 11) is -2.94. The number of hydrogen-bond donors (Lipinski definition) is 1. The molecule has 1 rings (SSSR count). The zero-order valence-corrected chi connectivity index (χ0v) is 19.3. The number of ether oxygens (including phenoxy) is 1. The number of carbonyl (C=O) groups is 2. The van der Waals surface area contributed by atoms with Gasteiger partial charge in [0.2, 0.25) is 0 Å². The van der Waals surface area contributed by atoms with Crippen molar-refractivity contribution in [3.63, 3.8) is 0 Å². The van der Waals surface area contributed by atoms with Crippen LogP contribution in [0.3, 0.4) is 0 Å². The van der Waals surface area contributed by atoms with E-state index in [0.29, 0.717) is 12.8 Å². The first-order valence-corrected chi connectivity index (χ1v) is 11.7. The molecule has 1 heterocycles. The Kier molecular flexibility index (Phi) is 8.34. The number of carbonyl (C=O) groups excluding carboxylic acids is 2. The minimum atomic E-state index is -4.12. The summed E-state index contributed by atoms with van der Waals surface area (Å²) in [6.07, 6.45) is -0.559. The summed E-state index contributed by atoms with van der Waals surface area (Å²) in [5.74, 6) is -1.62. The summed E-state index contributed by atoms with van der Waals surface area (Å²) in [6, 6.07) is -0.909. The number of alkyl halides is 6. The van der Waals surface area contributed by atoms with Crippen molar-refractivity contribution in [3.8, 4) is 0 Å². The Morgan fingerprint density at radius 2 is 1.62 bits per heavy atom. The van der Waals surface area contributed by atoms with Crippen LogP contribution in [-0.4, -0.2) is 66.8 Å². The van der Waals surface area contributed by atoms with Crippen molar-refractivity contribution in [1.82, 2.24) is 4.90 Å². The van der Waals surface area contributed by atoms with Gasteiger partial charge in [0.25, 0.3) is 5.91 Å². The minimum absolute atomic E-state index is 0.163. The summed E-state index contributed by atoms with van der Waals surface area (Å²) in [5, 5.41) is 8.39. The SMILES string of the molecule is COC(=O)[C@@H]1CCCN1C(=O)C(C)(O)P(=O)(CC(Cl)(Cl)Cl)CC(Cl)(Cl)Cl. The Balaban J connectivity index is 3.28. The highest BCUT2D eigenvalue weighted by Crippen LogP contribution is 2.64. The lowest BCUT2D eigenvalue weighted by molar-refractivity contribution is -0.155. The molecule has 1 aliphatic rings. The number of hydrogen-bond acceptors (Lipinski definition) is 5. The summed E-state index contributed by atoms with van der Waals surface area (Å²) in [4.78, 5) is 25.9. The molecule has 0 aromatic heterocycles. The van der Waals surface area contributed by atoms with Crippen molar-refractivity contribution in [1.29, 1.82) is 0 Å². The highest BCUT2D eigenvalue weighted by molar-refractivity contribution is 7.67. The third-order valence-corrected chi connectivity index (χ3v) is 9.72. The maximum atomic E-state index is 13.5. The molecule has 6 nitrogen and oxygen atoms in total. The first-order valence-electron chi connectivity index (χ1n) is 7.37. The van der Waals surface area contributed by atoms with E-state index in [-0.39, 0.29) is 6.54 Å². The average Bonchev–Trinajstić information content (AvgIpc) is 2.90. The van der Waals surface area contributed by atoms with E-state index >= 15 is 0 Å². The van der Waals surface area contributed by atoms with Gasteiger partial charge in [0.15, 0.2) is 12.9 Å². The Hall–Kier alpha value is 0.870. The molecule has 0 radical (unpaired) electrons. The summed E-state index contributed by atoms with van der Waals surface area (Å²) in [6.45, 7) is 1.17. The molecule has 1 aliphatic heterocycles. The Morgan fingerprint density at radius 1 is 1.15 bits per heavy atom. The quantitative estimate of drug-likeness (QED) is 0.343. The zero-order chi connectivity index (χ0) is 20.6. The Labute approximate surface area is 181 Å². The van der Waals surface area contributed by atoms with Crippen LogP contribution in [0.4, 0.5) is 0 Å². The fourth-order valence-electron chi connectivity index (χ4n) is 2.78. The molecule has 0 spiro atoms. The molecule has 0 aromatic rings. The van der Waals surface area contributed by atoms with Gasteiger partial charge in [-0.05, 0) is 19.8 Å². The van der Waals surface area contributed by atoms with Crippen LogP contribution >= 0.6 is 76.7 Å². The van der Waals surface area contributed by atoms with Gasteiger partial charge in [0, 0.05) is 6.54 Å². The predicted molar refractivity (Wildman–Crippen MR) is 105 cm³/mol. The molecule has 1 unspecified atom stereocenters. The van der Waals surface area contributed by atoms with Gasteiger partial charge < -0.3 is 19.3 Å². The summed E-state index contributed by atoms with van der Waals surface area (Å²) >= 11 is 34.4. The normalized spacial score (nSPS) is 21.4. The molecule has 0 aromatic carbocycles. The van der Waals surface area contributed by atoms with Crippen LogP contribution in [0.2, 0.25) is 0 Å². The van der Waals surface area contributed by atoms with Gasteiger partial charge in [-0.2, -0.15) is 0 Å². The van der Waals surface area contributed by atoms with Gasteiger partial charge in [-0.1, -0.05) is 69.6 Å². The van der Waals surface area contributed by atoms with Crippen LogP contribution in [0.25, 0.3) is 0 Å². The van der Waals surface area contributed by atoms with Crippen molar-refractivity contribution in [3.05, 3.63) is 0 Å². The van der Waals surface area contributed by atoms with Crippen molar-refractivity contribution in [2.24, 2.45) is 0 Å². The van der Waals surface area contributed by atoms with Gasteiger partial charge in [-0.3, -0.25) is 4.79 Å². The highest BCUT2D eigenvalue weighted by atomic mass is 35.6. The minimum Gasteiger partial charge on any atom is -0.467 e. The second-order valence-corrected chi connectivity index (χ2v) is 14.5. The van der Waals surface area contributed by atoms with Gasteiger partial charge >= 0.3 is 5.97 Å². The number of amides is 1. The molecular formula is C13H18Cl6NO5P. The van der Waals surface area contributed by atoms with Crippen LogP contribution in [0.5, 0.6) is 0 Å². The van der Waals surface area contributed by atoms with Crippen LogP contribution < -0.4 is 0 Å². The lowest BCUT2D eigenvalue weighted by Gasteiger charge is -2.38. The number of aliphatic hydroxyl groups is 1. The van der Waals surface area contributed by atoms with E-state index in [4.69, 9.17) is 69.6 Å². The third kappa shape index (κ3) is 6.18. The van der Waals surface area contributed by atoms with Gasteiger partial charge in [-0.25, -0.2) is 4.79 Å². The van der Waals surface area contributed by atoms with E-state index in [1.165, 1.54) is 7.11 Å². The number of nitrogens with zero attached hydrogens (tertiary/aromatic N) is 1. The van der Waals surface area contributed by atoms with Crippen molar-refractivity contribution >= 4 is 88.6 Å². The fourth-order valence-corrected chi connectivity index (χ4v) is 8.62. The van der Waals surface area contributed by atoms with E-state index in [1.807, 2.05) is 0 Å². The Morgan fingerprint density at radius 3 is 2.00 bits per heavy atom.